The van der Waals surface area contributed by atoms with Crippen molar-refractivity contribution in [1.29, 1.82) is 0 Å². The highest BCUT2D eigenvalue weighted by atomic mass is 15.3. The van der Waals surface area contributed by atoms with Crippen LogP contribution in [-0.4, -0.2) is 34.5 Å². The van der Waals surface area contributed by atoms with Gasteiger partial charge in [-0.15, -0.1) is 0 Å². The number of piperazine rings is 1. The topological polar surface area (TPSA) is 33.1 Å². The Kier molecular flexibility index (Phi) is 3.08. The molecule has 2 fully saturated rings. The molecule has 1 aromatic heterocycles. The summed E-state index contributed by atoms with van der Waals surface area (Å²) in [7, 11) is 2.01. The van der Waals surface area contributed by atoms with E-state index in [1.807, 2.05) is 11.7 Å². The van der Waals surface area contributed by atoms with Gasteiger partial charge in [-0.05, 0) is 39.0 Å². The van der Waals surface area contributed by atoms with Crippen LogP contribution in [0.5, 0.6) is 0 Å². The Morgan fingerprint density at radius 2 is 2.21 bits per heavy atom. The summed E-state index contributed by atoms with van der Waals surface area (Å²) >= 11 is 0. The van der Waals surface area contributed by atoms with Gasteiger partial charge in [0.05, 0.1) is 11.4 Å². The Bertz CT molecular complexity index is 463. The summed E-state index contributed by atoms with van der Waals surface area (Å²) in [5, 5.41) is 8.33. The number of nitrogens with zero attached hydrogens (tertiary/aromatic N) is 3. The summed E-state index contributed by atoms with van der Waals surface area (Å²) in [6.07, 6.45) is 6.14. The van der Waals surface area contributed by atoms with Gasteiger partial charge in [0.25, 0.3) is 0 Å². The minimum absolute atomic E-state index is 0.286. The molecule has 1 aromatic rings. The summed E-state index contributed by atoms with van der Waals surface area (Å²) in [5.41, 5.74) is 2.76. The Balaban J connectivity index is 1.88. The van der Waals surface area contributed by atoms with Crippen LogP contribution in [0, 0.1) is 12.8 Å². The van der Waals surface area contributed by atoms with E-state index in [1.54, 1.807) is 0 Å². The van der Waals surface area contributed by atoms with Crippen molar-refractivity contribution in [2.75, 3.05) is 18.0 Å². The molecule has 2 aliphatic rings. The van der Waals surface area contributed by atoms with Crippen LogP contribution in [0.3, 0.4) is 0 Å². The monoisotopic (exact) mass is 262 g/mol. The average molecular weight is 262 g/mol. The third-order valence-corrected chi connectivity index (χ3v) is 4.93. The lowest BCUT2D eigenvalue weighted by Crippen LogP contribution is -2.64. The van der Waals surface area contributed by atoms with Gasteiger partial charge in [0.2, 0.25) is 0 Å². The highest BCUT2D eigenvalue weighted by molar-refractivity contribution is 5.51. The van der Waals surface area contributed by atoms with E-state index in [-0.39, 0.29) is 5.54 Å². The average Bonchev–Trinajstić information content (AvgIpc) is 3.16. The van der Waals surface area contributed by atoms with E-state index in [4.69, 9.17) is 0 Å². The fourth-order valence-corrected chi connectivity index (χ4v) is 3.51. The Morgan fingerprint density at radius 3 is 2.74 bits per heavy atom. The first-order chi connectivity index (χ1) is 9.03. The summed E-state index contributed by atoms with van der Waals surface area (Å²) in [6, 6.07) is 0.592. The molecule has 4 heteroatoms. The minimum Gasteiger partial charge on any atom is -0.363 e. The molecule has 2 atom stereocenters. The molecule has 4 nitrogen and oxygen atoms in total. The van der Waals surface area contributed by atoms with Crippen LogP contribution in [0.1, 0.15) is 38.8 Å². The van der Waals surface area contributed by atoms with Gasteiger partial charge in [-0.1, -0.05) is 6.92 Å². The maximum atomic E-state index is 4.52. The van der Waals surface area contributed by atoms with E-state index < -0.39 is 0 Å². The maximum Gasteiger partial charge on any atom is 0.0827 e. The van der Waals surface area contributed by atoms with Crippen molar-refractivity contribution in [3.8, 4) is 0 Å². The van der Waals surface area contributed by atoms with Crippen molar-refractivity contribution in [2.45, 2.75) is 51.6 Å². The van der Waals surface area contributed by atoms with E-state index in [9.17, 15) is 0 Å². The second kappa shape index (κ2) is 4.51. The molecule has 0 aromatic carbocycles. The Hall–Kier alpha value is -1.03. The molecule has 1 aliphatic heterocycles. The van der Waals surface area contributed by atoms with Crippen LogP contribution < -0.4 is 10.2 Å². The van der Waals surface area contributed by atoms with Gasteiger partial charge in [0, 0.05) is 37.9 Å². The van der Waals surface area contributed by atoms with Crippen LogP contribution >= 0.6 is 0 Å². The number of nitrogens with one attached hydrogen (secondary N) is 1. The van der Waals surface area contributed by atoms with Gasteiger partial charge in [0.1, 0.15) is 0 Å². The first-order valence-corrected chi connectivity index (χ1v) is 7.55. The van der Waals surface area contributed by atoms with Crippen molar-refractivity contribution in [2.24, 2.45) is 13.0 Å². The Labute approximate surface area is 116 Å². The van der Waals surface area contributed by atoms with Gasteiger partial charge >= 0.3 is 0 Å². The standard InChI is InChI=1S/C15H26N4/c1-5-13-8-16-15(3,12-6-7-12)10-19(13)14-9-18(4)17-11(14)2/h9,12-13,16H,5-8,10H2,1-4H3. The number of aryl methyl sites for hydroxylation is 2. The van der Waals surface area contributed by atoms with Crippen LogP contribution in [0.15, 0.2) is 6.20 Å². The molecule has 0 spiro atoms. The van der Waals surface area contributed by atoms with Crippen LogP contribution in [0.4, 0.5) is 5.69 Å². The van der Waals surface area contributed by atoms with Gasteiger partial charge in [0.15, 0.2) is 0 Å². The number of hydrogen-bond donors (Lipinski definition) is 1. The van der Waals surface area contributed by atoms with Crippen LogP contribution in [-0.2, 0) is 7.05 Å². The normalized spacial score (nSPS) is 31.8. The highest BCUT2D eigenvalue weighted by Crippen LogP contribution is 2.42. The van der Waals surface area contributed by atoms with Gasteiger partial charge < -0.3 is 10.2 Å². The van der Waals surface area contributed by atoms with Gasteiger partial charge in [-0.2, -0.15) is 5.10 Å². The number of rotatable bonds is 3. The van der Waals surface area contributed by atoms with E-state index in [1.165, 1.54) is 24.9 Å². The molecule has 0 radical (unpaired) electrons. The van der Waals surface area contributed by atoms with E-state index >= 15 is 0 Å². The molecule has 106 valence electrons. The third-order valence-electron chi connectivity index (χ3n) is 4.93. The quantitative estimate of drug-likeness (QED) is 0.905. The molecule has 2 unspecified atom stereocenters. The van der Waals surface area contributed by atoms with Crippen molar-refractivity contribution < 1.29 is 0 Å². The van der Waals surface area contributed by atoms with Crippen molar-refractivity contribution in [3.05, 3.63) is 11.9 Å². The molecular weight excluding hydrogens is 236 g/mol. The molecule has 1 saturated carbocycles. The van der Waals surface area contributed by atoms with E-state index in [2.05, 4.69) is 42.3 Å². The zero-order chi connectivity index (χ0) is 13.6. The minimum atomic E-state index is 0.286. The Morgan fingerprint density at radius 1 is 1.47 bits per heavy atom. The zero-order valence-corrected chi connectivity index (χ0v) is 12.6. The van der Waals surface area contributed by atoms with Crippen molar-refractivity contribution in [3.63, 3.8) is 0 Å². The smallest absolute Gasteiger partial charge is 0.0827 e. The van der Waals surface area contributed by atoms with E-state index in [0.29, 0.717) is 6.04 Å². The lowest BCUT2D eigenvalue weighted by Gasteiger charge is -2.47. The predicted octanol–water partition coefficient (Wildman–Crippen LogP) is 2.09. The van der Waals surface area contributed by atoms with E-state index in [0.717, 1.165) is 24.7 Å². The summed E-state index contributed by atoms with van der Waals surface area (Å²) in [5.74, 6) is 0.866. The highest BCUT2D eigenvalue weighted by Gasteiger charge is 2.46. The first kappa shape index (κ1) is 13.0. The summed E-state index contributed by atoms with van der Waals surface area (Å²) < 4.78 is 1.94. The number of anilines is 1. The van der Waals surface area contributed by atoms with Crippen molar-refractivity contribution >= 4 is 5.69 Å². The van der Waals surface area contributed by atoms with Gasteiger partial charge in [-0.25, -0.2) is 0 Å². The molecule has 2 heterocycles. The second-order valence-corrected chi connectivity index (χ2v) is 6.54. The largest absolute Gasteiger partial charge is 0.363 e. The zero-order valence-electron chi connectivity index (χ0n) is 12.6. The molecule has 1 saturated heterocycles. The molecular formula is C15H26N4. The molecule has 3 rings (SSSR count). The molecule has 1 N–H and O–H groups in total. The lowest BCUT2D eigenvalue weighted by molar-refractivity contribution is 0.252. The lowest BCUT2D eigenvalue weighted by atomic mass is 9.90. The second-order valence-electron chi connectivity index (χ2n) is 6.54. The molecule has 0 amide bonds. The molecule has 1 aliphatic carbocycles. The fraction of sp³-hybridized carbons (Fsp3) is 0.800. The first-order valence-electron chi connectivity index (χ1n) is 7.55. The molecule has 19 heavy (non-hydrogen) atoms. The maximum absolute atomic E-state index is 4.52. The molecule has 0 bridgehead atoms. The van der Waals surface area contributed by atoms with Gasteiger partial charge in [-0.3, -0.25) is 4.68 Å². The number of aromatic nitrogens is 2. The number of hydrogen-bond acceptors (Lipinski definition) is 3. The van der Waals surface area contributed by atoms with Crippen LogP contribution in [0.25, 0.3) is 0 Å². The van der Waals surface area contributed by atoms with Crippen molar-refractivity contribution in [1.82, 2.24) is 15.1 Å². The summed E-state index contributed by atoms with van der Waals surface area (Å²) in [6.45, 7) is 9.01. The van der Waals surface area contributed by atoms with Crippen LogP contribution in [0.2, 0.25) is 0 Å². The predicted molar refractivity (Wildman–Crippen MR) is 78.5 cm³/mol. The summed E-state index contributed by atoms with van der Waals surface area (Å²) in [4.78, 5) is 2.59. The fourth-order valence-electron chi connectivity index (χ4n) is 3.51. The SMILES string of the molecule is CCC1CNC(C)(C2CC2)CN1c1cn(C)nc1C. The third kappa shape index (κ3) is 2.27.